The van der Waals surface area contributed by atoms with Gasteiger partial charge in [0.15, 0.2) is 5.16 Å². The Labute approximate surface area is 202 Å². The Kier molecular flexibility index (Phi) is 7.23. The van der Waals surface area contributed by atoms with E-state index in [0.717, 1.165) is 28.9 Å². The van der Waals surface area contributed by atoms with Crippen molar-refractivity contribution in [2.75, 3.05) is 5.75 Å². The smallest absolute Gasteiger partial charge is 0.314 e. The lowest BCUT2D eigenvalue weighted by Gasteiger charge is -2.10. The highest BCUT2D eigenvalue weighted by molar-refractivity contribution is 7.99. The maximum Gasteiger partial charge on any atom is 0.417 e. The fourth-order valence-electron chi connectivity index (χ4n) is 3.32. The quantitative estimate of drug-likeness (QED) is 0.191. The van der Waals surface area contributed by atoms with Crippen molar-refractivity contribution in [2.24, 2.45) is 5.10 Å². The van der Waals surface area contributed by atoms with E-state index in [0.29, 0.717) is 16.7 Å². The van der Waals surface area contributed by atoms with Crippen LogP contribution in [0.5, 0.6) is 0 Å². The lowest BCUT2D eigenvalue weighted by atomic mass is 10.1. The number of hydrazone groups is 1. The van der Waals surface area contributed by atoms with Crippen molar-refractivity contribution in [1.82, 2.24) is 15.0 Å². The molecule has 0 unspecified atom stereocenters. The summed E-state index contributed by atoms with van der Waals surface area (Å²) in [6.07, 6.45) is -3.53. The zero-order valence-electron chi connectivity index (χ0n) is 17.6. The Balaban J connectivity index is 1.46. The van der Waals surface area contributed by atoms with Gasteiger partial charge in [0.05, 0.1) is 35.1 Å². The fraction of sp³-hybridized carbons (Fsp3) is 0.125. The van der Waals surface area contributed by atoms with E-state index < -0.39 is 17.6 Å². The first kappa shape index (κ1) is 23.8. The van der Waals surface area contributed by atoms with Gasteiger partial charge in [0.2, 0.25) is 0 Å². The highest BCUT2D eigenvalue weighted by atomic mass is 35.5. The second-order valence-electron chi connectivity index (χ2n) is 7.23. The molecule has 34 heavy (non-hydrogen) atoms. The molecule has 0 aliphatic rings. The Morgan fingerprint density at radius 2 is 1.76 bits per heavy atom. The number of thioether (sulfide) groups is 1. The third-order valence-electron chi connectivity index (χ3n) is 4.90. The van der Waals surface area contributed by atoms with E-state index in [4.69, 9.17) is 11.6 Å². The molecule has 4 rings (SSSR count). The number of hydrogen-bond acceptors (Lipinski definition) is 4. The number of imidazole rings is 1. The van der Waals surface area contributed by atoms with Crippen molar-refractivity contribution in [3.63, 3.8) is 0 Å². The predicted octanol–water partition coefficient (Wildman–Crippen LogP) is 6.00. The molecule has 0 atom stereocenters. The minimum absolute atomic E-state index is 0.0237. The molecule has 0 radical (unpaired) electrons. The van der Waals surface area contributed by atoms with Gasteiger partial charge in [0.1, 0.15) is 0 Å². The van der Waals surface area contributed by atoms with Crippen LogP contribution in [0.1, 0.15) is 16.7 Å². The zero-order valence-corrected chi connectivity index (χ0v) is 19.2. The number of amides is 1. The van der Waals surface area contributed by atoms with Gasteiger partial charge in [-0.15, -0.1) is 0 Å². The zero-order chi connectivity index (χ0) is 24.1. The summed E-state index contributed by atoms with van der Waals surface area (Å²) in [5.74, 6) is -0.494. The van der Waals surface area contributed by atoms with E-state index >= 15 is 0 Å². The second-order valence-corrected chi connectivity index (χ2v) is 8.58. The number of para-hydroxylation sites is 2. The average Bonchev–Trinajstić information content (AvgIpc) is 3.16. The maximum absolute atomic E-state index is 13.1. The molecule has 10 heteroatoms. The molecule has 0 saturated carbocycles. The number of fused-ring (bicyclic) bond motifs is 1. The van der Waals surface area contributed by atoms with Crippen LogP contribution in [0.3, 0.4) is 0 Å². The summed E-state index contributed by atoms with van der Waals surface area (Å²) < 4.78 is 41.2. The van der Waals surface area contributed by atoms with Crippen LogP contribution in [-0.4, -0.2) is 27.4 Å². The molecular weight excluding hydrogens is 485 g/mol. The standard InChI is InChI=1S/C24H18ClF3N4OS/c25-19-10-4-2-8-17(19)14-32-21-12-6-5-11-20(21)30-23(32)34-15-22(33)31-29-13-16-7-1-3-9-18(16)24(26,27)28/h1-13H,14-15H2,(H,31,33)/b29-13+. The summed E-state index contributed by atoms with van der Waals surface area (Å²) in [5.41, 5.74) is 3.90. The Bertz CT molecular complexity index is 1350. The molecule has 4 aromatic rings. The Hall–Kier alpha value is -3.30. The molecule has 0 aliphatic carbocycles. The van der Waals surface area contributed by atoms with E-state index in [2.05, 4.69) is 15.5 Å². The largest absolute Gasteiger partial charge is 0.417 e. The van der Waals surface area contributed by atoms with Gasteiger partial charge in [-0.1, -0.05) is 71.9 Å². The summed E-state index contributed by atoms with van der Waals surface area (Å²) in [7, 11) is 0. The van der Waals surface area contributed by atoms with Crippen LogP contribution in [0.2, 0.25) is 5.02 Å². The first-order valence-electron chi connectivity index (χ1n) is 10.1. The minimum atomic E-state index is -4.51. The summed E-state index contributed by atoms with van der Waals surface area (Å²) in [6, 6.07) is 20.1. The monoisotopic (exact) mass is 502 g/mol. The van der Waals surface area contributed by atoms with Crippen molar-refractivity contribution in [1.29, 1.82) is 0 Å². The summed E-state index contributed by atoms with van der Waals surface area (Å²) in [4.78, 5) is 16.9. The highest BCUT2D eigenvalue weighted by Crippen LogP contribution is 2.31. The summed E-state index contributed by atoms with van der Waals surface area (Å²) in [6.45, 7) is 0.469. The minimum Gasteiger partial charge on any atom is -0.314 e. The Morgan fingerprint density at radius 3 is 2.56 bits per heavy atom. The van der Waals surface area contributed by atoms with Crippen LogP contribution < -0.4 is 5.43 Å². The number of rotatable bonds is 7. The fourth-order valence-corrected chi connectivity index (χ4v) is 4.32. The van der Waals surface area contributed by atoms with Gasteiger partial charge in [-0.3, -0.25) is 4.79 Å². The van der Waals surface area contributed by atoms with Crippen molar-refractivity contribution in [3.8, 4) is 0 Å². The van der Waals surface area contributed by atoms with Gasteiger partial charge >= 0.3 is 6.18 Å². The van der Waals surface area contributed by atoms with Crippen LogP contribution in [0.15, 0.2) is 83.1 Å². The molecule has 0 spiro atoms. The van der Waals surface area contributed by atoms with Gasteiger partial charge in [-0.05, 0) is 29.8 Å². The molecular formula is C24H18ClF3N4OS. The topological polar surface area (TPSA) is 59.3 Å². The van der Waals surface area contributed by atoms with Crippen LogP contribution in [0, 0.1) is 0 Å². The number of hydrogen-bond donors (Lipinski definition) is 1. The number of benzene rings is 3. The van der Waals surface area contributed by atoms with Crippen molar-refractivity contribution in [3.05, 3.63) is 94.5 Å². The number of carbonyl (C=O) groups is 1. The van der Waals surface area contributed by atoms with Gasteiger partial charge in [-0.2, -0.15) is 18.3 Å². The molecule has 1 amide bonds. The SMILES string of the molecule is O=C(CSc1nc2ccccc2n1Cc1ccccc1Cl)N/N=C/c1ccccc1C(F)(F)F. The van der Waals surface area contributed by atoms with E-state index in [1.807, 2.05) is 53.1 Å². The van der Waals surface area contributed by atoms with Gasteiger partial charge in [0.25, 0.3) is 5.91 Å². The number of halogens is 4. The molecule has 0 aliphatic heterocycles. The number of aromatic nitrogens is 2. The summed E-state index contributed by atoms with van der Waals surface area (Å²) in [5, 5.41) is 4.93. The van der Waals surface area contributed by atoms with Crippen LogP contribution >= 0.6 is 23.4 Å². The first-order chi connectivity index (χ1) is 16.3. The number of nitrogens with one attached hydrogen (secondary N) is 1. The molecule has 3 aromatic carbocycles. The number of alkyl halides is 3. The molecule has 174 valence electrons. The second kappa shape index (κ2) is 10.3. The van der Waals surface area contributed by atoms with Gasteiger partial charge in [-0.25, -0.2) is 10.4 Å². The van der Waals surface area contributed by atoms with Crippen molar-refractivity contribution in [2.45, 2.75) is 17.9 Å². The summed E-state index contributed by atoms with van der Waals surface area (Å²) >= 11 is 7.53. The maximum atomic E-state index is 13.1. The average molecular weight is 503 g/mol. The van der Waals surface area contributed by atoms with Crippen LogP contribution in [-0.2, 0) is 17.5 Å². The molecule has 0 saturated heterocycles. The van der Waals surface area contributed by atoms with Crippen molar-refractivity contribution >= 4 is 46.5 Å². The molecule has 0 bridgehead atoms. The van der Waals surface area contributed by atoms with Crippen LogP contribution in [0.25, 0.3) is 11.0 Å². The highest BCUT2D eigenvalue weighted by Gasteiger charge is 2.32. The number of carbonyl (C=O) groups excluding carboxylic acids is 1. The van der Waals surface area contributed by atoms with E-state index in [9.17, 15) is 18.0 Å². The molecule has 0 fully saturated rings. The third-order valence-corrected chi connectivity index (χ3v) is 6.24. The van der Waals surface area contributed by atoms with E-state index in [1.165, 1.54) is 30.0 Å². The van der Waals surface area contributed by atoms with Gasteiger partial charge < -0.3 is 4.57 Å². The molecule has 1 heterocycles. The van der Waals surface area contributed by atoms with E-state index in [1.54, 1.807) is 0 Å². The predicted molar refractivity (Wildman–Crippen MR) is 128 cm³/mol. The molecule has 1 aromatic heterocycles. The lowest BCUT2D eigenvalue weighted by molar-refractivity contribution is -0.137. The Morgan fingerprint density at radius 1 is 1.06 bits per heavy atom. The molecule has 5 nitrogen and oxygen atoms in total. The van der Waals surface area contributed by atoms with E-state index in [-0.39, 0.29) is 11.3 Å². The lowest BCUT2D eigenvalue weighted by Crippen LogP contribution is -2.20. The first-order valence-corrected chi connectivity index (χ1v) is 11.5. The van der Waals surface area contributed by atoms with Crippen molar-refractivity contribution < 1.29 is 18.0 Å². The normalized spacial score (nSPS) is 11.9. The van der Waals surface area contributed by atoms with Gasteiger partial charge in [0, 0.05) is 10.6 Å². The third kappa shape index (κ3) is 5.60. The molecule has 1 N–H and O–H groups in total. The van der Waals surface area contributed by atoms with Crippen LogP contribution in [0.4, 0.5) is 13.2 Å². The number of nitrogens with zero attached hydrogens (tertiary/aromatic N) is 3.